The van der Waals surface area contributed by atoms with E-state index in [0.29, 0.717) is 0 Å². The van der Waals surface area contributed by atoms with Gasteiger partial charge in [0, 0.05) is 6.20 Å². The lowest BCUT2D eigenvalue weighted by molar-refractivity contribution is 0.0946. The van der Waals surface area contributed by atoms with E-state index in [1.165, 1.54) is 10.2 Å². The van der Waals surface area contributed by atoms with Gasteiger partial charge in [-0.2, -0.15) is 5.10 Å². The Labute approximate surface area is 104 Å². The van der Waals surface area contributed by atoms with Crippen LogP contribution in [0.25, 0.3) is 0 Å². The topological polar surface area (TPSA) is 82.2 Å². The molecule has 2 aromatic rings. The van der Waals surface area contributed by atoms with Crippen LogP contribution in [0.4, 0.5) is 0 Å². The SMILES string of the molecule is Cc1ccc(OCn2ccc(C(=O)NN)n2)cc1. The van der Waals surface area contributed by atoms with Crippen LogP contribution in [0, 0.1) is 6.92 Å². The zero-order chi connectivity index (χ0) is 13.0. The van der Waals surface area contributed by atoms with Crippen LogP contribution < -0.4 is 16.0 Å². The minimum absolute atomic E-state index is 0.237. The quantitative estimate of drug-likeness (QED) is 0.475. The fraction of sp³-hybridized carbons (Fsp3) is 0.167. The number of hydrazine groups is 1. The molecule has 0 aliphatic heterocycles. The average molecular weight is 246 g/mol. The standard InChI is InChI=1S/C12H14N4O2/c1-9-2-4-10(5-3-9)18-8-16-7-6-11(15-16)12(17)14-13/h2-7H,8,13H2,1H3,(H,14,17). The Morgan fingerprint density at radius 1 is 1.39 bits per heavy atom. The zero-order valence-corrected chi connectivity index (χ0v) is 9.96. The molecule has 6 nitrogen and oxygen atoms in total. The summed E-state index contributed by atoms with van der Waals surface area (Å²) in [5, 5.41) is 4.01. The van der Waals surface area contributed by atoms with Crippen LogP contribution in [0.3, 0.4) is 0 Å². The highest BCUT2D eigenvalue weighted by molar-refractivity contribution is 5.91. The third-order valence-corrected chi connectivity index (χ3v) is 2.39. The van der Waals surface area contributed by atoms with Gasteiger partial charge in [-0.05, 0) is 25.1 Å². The van der Waals surface area contributed by atoms with Crippen LogP contribution in [0.5, 0.6) is 5.75 Å². The van der Waals surface area contributed by atoms with E-state index >= 15 is 0 Å². The molecule has 2 rings (SSSR count). The van der Waals surface area contributed by atoms with E-state index in [9.17, 15) is 4.79 Å². The Morgan fingerprint density at radius 2 is 2.11 bits per heavy atom. The summed E-state index contributed by atoms with van der Waals surface area (Å²) in [5.41, 5.74) is 3.44. The number of hydrogen-bond donors (Lipinski definition) is 2. The highest BCUT2D eigenvalue weighted by atomic mass is 16.5. The molecule has 0 radical (unpaired) electrons. The van der Waals surface area contributed by atoms with Gasteiger partial charge in [0.1, 0.15) is 5.75 Å². The highest BCUT2D eigenvalue weighted by Crippen LogP contribution is 2.11. The summed E-state index contributed by atoms with van der Waals surface area (Å²) >= 11 is 0. The number of benzene rings is 1. The van der Waals surface area contributed by atoms with Gasteiger partial charge in [0.25, 0.3) is 5.91 Å². The maximum absolute atomic E-state index is 11.2. The molecule has 0 aliphatic carbocycles. The summed E-state index contributed by atoms with van der Waals surface area (Å²) in [5.74, 6) is 5.34. The van der Waals surface area contributed by atoms with E-state index in [1.54, 1.807) is 12.3 Å². The van der Waals surface area contributed by atoms with Crippen molar-refractivity contribution in [3.63, 3.8) is 0 Å². The van der Waals surface area contributed by atoms with E-state index in [-0.39, 0.29) is 12.4 Å². The van der Waals surface area contributed by atoms with Gasteiger partial charge < -0.3 is 4.74 Å². The van der Waals surface area contributed by atoms with Gasteiger partial charge in [-0.3, -0.25) is 10.2 Å². The van der Waals surface area contributed by atoms with Gasteiger partial charge in [-0.15, -0.1) is 0 Å². The molecule has 1 aromatic heterocycles. The van der Waals surface area contributed by atoms with Crippen molar-refractivity contribution < 1.29 is 9.53 Å². The van der Waals surface area contributed by atoms with E-state index in [4.69, 9.17) is 10.6 Å². The molecule has 0 saturated heterocycles. The van der Waals surface area contributed by atoms with E-state index in [0.717, 1.165) is 5.75 Å². The third-order valence-electron chi connectivity index (χ3n) is 2.39. The average Bonchev–Trinajstić information content (AvgIpc) is 2.86. The molecule has 94 valence electrons. The van der Waals surface area contributed by atoms with Crippen LogP contribution in [-0.4, -0.2) is 15.7 Å². The first-order valence-electron chi connectivity index (χ1n) is 5.43. The van der Waals surface area contributed by atoms with Crippen molar-refractivity contribution in [3.05, 3.63) is 47.8 Å². The Balaban J connectivity index is 1.96. The molecule has 1 amide bonds. The predicted octanol–water partition coefficient (Wildman–Crippen LogP) is 0.832. The van der Waals surface area contributed by atoms with Crippen molar-refractivity contribution in [2.45, 2.75) is 13.7 Å². The molecule has 1 aromatic carbocycles. The number of amides is 1. The van der Waals surface area contributed by atoms with Crippen LogP contribution in [0.1, 0.15) is 16.1 Å². The largest absolute Gasteiger partial charge is 0.471 e. The number of nitrogens with two attached hydrogens (primary N) is 1. The number of nitrogen functional groups attached to an aromatic ring is 1. The molecule has 0 unspecified atom stereocenters. The van der Waals surface area contributed by atoms with Crippen molar-refractivity contribution in [2.24, 2.45) is 5.84 Å². The maximum atomic E-state index is 11.2. The molecule has 0 fully saturated rings. The second-order valence-corrected chi connectivity index (χ2v) is 3.80. The van der Waals surface area contributed by atoms with Gasteiger partial charge in [-0.1, -0.05) is 17.7 Å². The van der Waals surface area contributed by atoms with Crippen LogP contribution in [0.15, 0.2) is 36.5 Å². The molecule has 3 N–H and O–H groups in total. The van der Waals surface area contributed by atoms with Gasteiger partial charge in [-0.25, -0.2) is 10.5 Å². The van der Waals surface area contributed by atoms with E-state index in [1.807, 2.05) is 36.6 Å². The number of hydrogen-bond acceptors (Lipinski definition) is 4. The molecule has 18 heavy (non-hydrogen) atoms. The first-order valence-corrected chi connectivity index (χ1v) is 5.43. The van der Waals surface area contributed by atoms with Crippen molar-refractivity contribution >= 4 is 5.91 Å². The first kappa shape index (κ1) is 12.1. The van der Waals surface area contributed by atoms with Crippen molar-refractivity contribution in [1.29, 1.82) is 0 Å². The predicted molar refractivity (Wildman–Crippen MR) is 65.7 cm³/mol. The Kier molecular flexibility index (Phi) is 3.59. The number of nitrogens with zero attached hydrogens (tertiary/aromatic N) is 2. The molecular formula is C12H14N4O2. The van der Waals surface area contributed by atoms with E-state index in [2.05, 4.69) is 5.10 Å². The summed E-state index contributed by atoms with van der Waals surface area (Å²) in [4.78, 5) is 11.2. The normalized spacial score (nSPS) is 10.1. The summed E-state index contributed by atoms with van der Waals surface area (Å²) in [7, 11) is 0. The van der Waals surface area contributed by atoms with Crippen molar-refractivity contribution in [2.75, 3.05) is 0 Å². The molecule has 0 spiro atoms. The molecule has 6 heteroatoms. The fourth-order valence-corrected chi connectivity index (χ4v) is 1.40. The maximum Gasteiger partial charge on any atom is 0.285 e. The van der Waals surface area contributed by atoms with Crippen molar-refractivity contribution in [1.82, 2.24) is 15.2 Å². The highest BCUT2D eigenvalue weighted by Gasteiger charge is 2.07. The van der Waals surface area contributed by atoms with Crippen molar-refractivity contribution in [3.8, 4) is 5.75 Å². The van der Waals surface area contributed by atoms with Gasteiger partial charge in [0.15, 0.2) is 12.4 Å². The monoisotopic (exact) mass is 246 g/mol. The molecule has 0 atom stereocenters. The van der Waals surface area contributed by atoms with Gasteiger partial charge in [0.2, 0.25) is 0 Å². The smallest absolute Gasteiger partial charge is 0.285 e. The van der Waals surface area contributed by atoms with Crippen LogP contribution in [0.2, 0.25) is 0 Å². The lowest BCUT2D eigenvalue weighted by Gasteiger charge is -2.06. The summed E-state index contributed by atoms with van der Waals surface area (Å²) < 4.78 is 7.03. The molecule has 0 aliphatic rings. The minimum Gasteiger partial charge on any atom is -0.471 e. The molecular weight excluding hydrogens is 232 g/mol. The summed E-state index contributed by atoms with van der Waals surface area (Å²) in [6.07, 6.45) is 1.65. The number of rotatable bonds is 4. The summed E-state index contributed by atoms with van der Waals surface area (Å²) in [6, 6.07) is 9.26. The number of carbonyl (C=O) groups is 1. The number of carbonyl (C=O) groups excluding carboxylic acids is 1. The first-order chi connectivity index (χ1) is 8.69. The van der Waals surface area contributed by atoms with E-state index < -0.39 is 5.91 Å². The number of ether oxygens (including phenoxy) is 1. The Hall–Kier alpha value is -2.34. The lowest BCUT2D eigenvalue weighted by atomic mass is 10.2. The number of nitrogens with one attached hydrogen (secondary N) is 1. The molecule has 0 bridgehead atoms. The third kappa shape index (κ3) is 2.86. The second-order valence-electron chi connectivity index (χ2n) is 3.80. The van der Waals surface area contributed by atoms with Crippen LogP contribution in [-0.2, 0) is 6.73 Å². The fourth-order valence-electron chi connectivity index (χ4n) is 1.40. The molecule has 1 heterocycles. The van der Waals surface area contributed by atoms with Crippen LogP contribution >= 0.6 is 0 Å². The number of aromatic nitrogens is 2. The Morgan fingerprint density at radius 3 is 2.78 bits per heavy atom. The van der Waals surface area contributed by atoms with Gasteiger partial charge >= 0.3 is 0 Å². The number of aryl methyl sites for hydroxylation is 1. The molecule has 0 saturated carbocycles. The summed E-state index contributed by atoms with van der Waals surface area (Å²) in [6.45, 7) is 2.25. The lowest BCUT2D eigenvalue weighted by Crippen LogP contribution is -2.30. The van der Waals surface area contributed by atoms with Gasteiger partial charge in [0.05, 0.1) is 0 Å². The minimum atomic E-state index is -0.427. The zero-order valence-electron chi connectivity index (χ0n) is 9.96. The second kappa shape index (κ2) is 5.33. The Bertz CT molecular complexity index is 533.